The van der Waals surface area contributed by atoms with Crippen LogP contribution in [0.5, 0.6) is 0 Å². The van der Waals surface area contributed by atoms with Gasteiger partial charge in [0.25, 0.3) is 0 Å². The number of hydrogen-bond donors (Lipinski definition) is 0. The number of furan rings is 1. The van der Waals surface area contributed by atoms with Crippen LogP contribution in [-0.4, -0.2) is 4.57 Å². The third-order valence-corrected chi connectivity index (χ3v) is 12.8. The summed E-state index contributed by atoms with van der Waals surface area (Å²) in [5.41, 5.74) is 18.1. The Balaban J connectivity index is 1.12. The molecule has 2 aromatic heterocycles. The number of rotatable bonds is 6. The Morgan fingerprint density at radius 1 is 0.433 bits per heavy atom. The Bertz CT molecular complexity index is 3420. The van der Waals surface area contributed by atoms with Crippen molar-refractivity contribution in [3.05, 3.63) is 217 Å². The Hall–Kier alpha value is -7.62. The number of anilines is 3. The smallest absolute Gasteiger partial charge is 0.145 e. The van der Waals surface area contributed by atoms with Crippen molar-refractivity contribution in [1.82, 2.24) is 4.57 Å². The van der Waals surface area contributed by atoms with Crippen molar-refractivity contribution in [3.8, 4) is 39.1 Å². The summed E-state index contributed by atoms with van der Waals surface area (Å²) in [6.45, 7) is 4.71. The number of hydrogen-bond acceptors (Lipinski definition) is 2. The van der Waals surface area contributed by atoms with E-state index in [4.69, 9.17) is 4.42 Å². The van der Waals surface area contributed by atoms with Gasteiger partial charge in [-0.3, -0.25) is 0 Å². The first-order chi connectivity index (χ1) is 29.5. The van der Waals surface area contributed by atoms with Crippen LogP contribution < -0.4 is 4.90 Å². The molecule has 11 aromatic rings. The number of nitrogens with zero attached hydrogens (tertiary/aromatic N) is 2. The molecular formula is C57H40N2O. The minimum Gasteiger partial charge on any atom is -0.455 e. The summed E-state index contributed by atoms with van der Waals surface area (Å²) < 4.78 is 9.35. The molecule has 0 saturated carbocycles. The molecule has 0 N–H and O–H groups in total. The number of para-hydroxylation sites is 5. The van der Waals surface area contributed by atoms with Gasteiger partial charge in [-0.1, -0.05) is 153 Å². The second-order valence-electron chi connectivity index (χ2n) is 16.5. The average molecular weight is 769 g/mol. The van der Waals surface area contributed by atoms with Crippen molar-refractivity contribution in [1.29, 1.82) is 0 Å². The highest BCUT2D eigenvalue weighted by molar-refractivity contribution is 6.14. The zero-order valence-electron chi connectivity index (χ0n) is 33.4. The maximum absolute atomic E-state index is 6.96. The topological polar surface area (TPSA) is 21.3 Å². The fraction of sp³-hybridized carbons (Fsp3) is 0.0526. The van der Waals surface area contributed by atoms with Crippen LogP contribution in [-0.2, 0) is 5.41 Å². The van der Waals surface area contributed by atoms with Gasteiger partial charge in [-0.05, 0) is 100 Å². The van der Waals surface area contributed by atoms with Crippen LogP contribution in [0.2, 0.25) is 0 Å². The highest BCUT2D eigenvalue weighted by atomic mass is 16.3. The van der Waals surface area contributed by atoms with Gasteiger partial charge in [0.15, 0.2) is 0 Å². The Morgan fingerprint density at radius 3 is 1.88 bits per heavy atom. The molecule has 0 spiro atoms. The Morgan fingerprint density at radius 2 is 1.08 bits per heavy atom. The summed E-state index contributed by atoms with van der Waals surface area (Å²) in [5.74, 6) is 0. The van der Waals surface area contributed by atoms with Gasteiger partial charge in [0.05, 0.1) is 22.4 Å². The largest absolute Gasteiger partial charge is 0.455 e. The highest BCUT2D eigenvalue weighted by Crippen LogP contribution is 2.52. The molecule has 2 heterocycles. The fourth-order valence-electron chi connectivity index (χ4n) is 10.0. The molecule has 12 rings (SSSR count). The van der Waals surface area contributed by atoms with Crippen molar-refractivity contribution in [2.24, 2.45) is 0 Å². The Labute approximate surface area is 349 Å². The van der Waals surface area contributed by atoms with E-state index < -0.39 is 0 Å². The second kappa shape index (κ2) is 13.2. The van der Waals surface area contributed by atoms with Crippen LogP contribution in [0.3, 0.4) is 0 Å². The quantitative estimate of drug-likeness (QED) is 0.168. The van der Waals surface area contributed by atoms with E-state index in [1.807, 2.05) is 0 Å². The van der Waals surface area contributed by atoms with Gasteiger partial charge in [-0.25, -0.2) is 0 Å². The monoisotopic (exact) mass is 768 g/mol. The van der Waals surface area contributed by atoms with Crippen LogP contribution in [0.25, 0.3) is 82.8 Å². The lowest BCUT2D eigenvalue weighted by Crippen LogP contribution is -2.15. The molecular weight excluding hydrogens is 729 g/mol. The molecule has 0 aliphatic heterocycles. The molecule has 0 fully saturated rings. The summed E-state index contributed by atoms with van der Waals surface area (Å²) in [7, 11) is 0. The van der Waals surface area contributed by atoms with E-state index in [-0.39, 0.29) is 5.41 Å². The van der Waals surface area contributed by atoms with Crippen LogP contribution in [0.1, 0.15) is 25.0 Å². The standard InChI is InChI=1S/C57H40N2O/c1-57(2)48-26-11-6-22-42(48)43-32-31-37(36-49(43)57)41-21-7-12-27-50(41)58(39-18-4-3-5-19-39)53-34-33-47-46-25-10-15-30-54(46)60-56(47)55(53)38-17-16-20-40(35-38)59-51-28-13-8-23-44(51)45-24-9-14-29-52(45)59/h3-36H,1-2H3. The molecule has 0 radical (unpaired) electrons. The van der Waals surface area contributed by atoms with Crippen molar-refractivity contribution >= 4 is 60.8 Å². The van der Waals surface area contributed by atoms with Crippen molar-refractivity contribution < 1.29 is 4.42 Å². The summed E-state index contributed by atoms with van der Waals surface area (Å²) in [5, 5.41) is 4.68. The molecule has 284 valence electrons. The first-order valence-corrected chi connectivity index (χ1v) is 20.8. The zero-order chi connectivity index (χ0) is 40.0. The molecule has 0 unspecified atom stereocenters. The van der Waals surface area contributed by atoms with Crippen LogP contribution >= 0.6 is 0 Å². The van der Waals surface area contributed by atoms with Gasteiger partial charge in [0.1, 0.15) is 11.2 Å². The maximum Gasteiger partial charge on any atom is 0.145 e. The molecule has 1 aliphatic rings. The predicted octanol–water partition coefficient (Wildman–Crippen LogP) is 15.8. The van der Waals surface area contributed by atoms with E-state index in [1.54, 1.807) is 0 Å². The normalized spacial score (nSPS) is 13.0. The number of benzene rings is 9. The molecule has 0 saturated heterocycles. The van der Waals surface area contributed by atoms with Gasteiger partial charge in [0, 0.05) is 49.5 Å². The SMILES string of the molecule is CC1(C)c2ccccc2-c2ccc(-c3ccccc3N(c3ccccc3)c3ccc4c(oc5ccccc54)c3-c3cccc(-n4c5ccccc5c5ccccc54)c3)cc21. The molecule has 0 atom stereocenters. The molecule has 1 aliphatic carbocycles. The van der Waals surface area contributed by atoms with Crippen molar-refractivity contribution in [2.45, 2.75) is 19.3 Å². The molecule has 60 heavy (non-hydrogen) atoms. The third kappa shape index (κ3) is 5.09. The van der Waals surface area contributed by atoms with Crippen molar-refractivity contribution in [2.75, 3.05) is 4.90 Å². The lowest BCUT2D eigenvalue weighted by atomic mass is 9.81. The zero-order valence-corrected chi connectivity index (χ0v) is 33.4. The van der Waals surface area contributed by atoms with E-state index in [9.17, 15) is 0 Å². The summed E-state index contributed by atoms with van der Waals surface area (Å²) in [6, 6.07) is 74.8. The van der Waals surface area contributed by atoms with E-state index in [1.165, 1.54) is 49.6 Å². The minimum absolute atomic E-state index is 0.114. The van der Waals surface area contributed by atoms with E-state index in [0.717, 1.165) is 61.4 Å². The molecule has 3 nitrogen and oxygen atoms in total. The molecule has 0 bridgehead atoms. The van der Waals surface area contributed by atoms with Crippen LogP contribution in [0.15, 0.2) is 211 Å². The van der Waals surface area contributed by atoms with E-state index >= 15 is 0 Å². The predicted molar refractivity (Wildman–Crippen MR) is 251 cm³/mol. The van der Waals surface area contributed by atoms with Crippen LogP contribution in [0.4, 0.5) is 17.1 Å². The van der Waals surface area contributed by atoms with Crippen molar-refractivity contribution in [3.63, 3.8) is 0 Å². The first kappa shape index (κ1) is 34.4. The number of aromatic nitrogens is 1. The van der Waals surface area contributed by atoms with E-state index in [0.29, 0.717) is 0 Å². The van der Waals surface area contributed by atoms with E-state index in [2.05, 4.69) is 230 Å². The first-order valence-electron chi connectivity index (χ1n) is 20.8. The second-order valence-corrected chi connectivity index (χ2v) is 16.5. The average Bonchev–Trinajstić information content (AvgIpc) is 3.92. The minimum atomic E-state index is -0.114. The lowest BCUT2D eigenvalue weighted by Gasteiger charge is -2.30. The fourth-order valence-corrected chi connectivity index (χ4v) is 10.0. The number of fused-ring (bicyclic) bond motifs is 9. The molecule has 0 amide bonds. The maximum atomic E-state index is 6.96. The van der Waals surface area contributed by atoms with Gasteiger partial charge < -0.3 is 13.9 Å². The summed E-state index contributed by atoms with van der Waals surface area (Å²) in [4.78, 5) is 2.43. The summed E-state index contributed by atoms with van der Waals surface area (Å²) >= 11 is 0. The summed E-state index contributed by atoms with van der Waals surface area (Å²) in [6.07, 6.45) is 0. The molecule has 3 heteroatoms. The Kier molecular flexibility index (Phi) is 7.58. The molecule has 9 aromatic carbocycles. The van der Waals surface area contributed by atoms with Gasteiger partial charge >= 0.3 is 0 Å². The highest BCUT2D eigenvalue weighted by Gasteiger charge is 2.35. The lowest BCUT2D eigenvalue weighted by molar-refractivity contribution is 0.660. The van der Waals surface area contributed by atoms with Gasteiger partial charge in [-0.15, -0.1) is 0 Å². The van der Waals surface area contributed by atoms with Gasteiger partial charge in [0.2, 0.25) is 0 Å². The third-order valence-electron chi connectivity index (χ3n) is 12.8. The van der Waals surface area contributed by atoms with Gasteiger partial charge in [-0.2, -0.15) is 0 Å². The van der Waals surface area contributed by atoms with Crippen LogP contribution in [0, 0.1) is 0 Å².